The Hall–Kier alpha value is -2.22. The lowest BCUT2D eigenvalue weighted by molar-refractivity contribution is 0.425. The molecule has 100 valence electrons. The molecule has 0 fully saturated rings. The summed E-state index contributed by atoms with van der Waals surface area (Å²) in [5.41, 5.74) is 10.7. The quantitative estimate of drug-likeness (QED) is 0.600. The molecule has 3 unspecified atom stereocenters. The molecule has 0 saturated carbocycles. The molecule has 1 aliphatic heterocycles. The zero-order valence-corrected chi connectivity index (χ0v) is 11.3. The van der Waals surface area contributed by atoms with E-state index >= 15 is 0 Å². The Morgan fingerprint density at radius 2 is 1.80 bits per heavy atom. The van der Waals surface area contributed by atoms with Crippen LogP contribution in [0.5, 0.6) is 0 Å². The van der Waals surface area contributed by atoms with E-state index in [0.29, 0.717) is 17.9 Å². The lowest BCUT2D eigenvalue weighted by Crippen LogP contribution is -2.28. The first-order valence-electron chi connectivity index (χ1n) is 7.20. The summed E-state index contributed by atoms with van der Waals surface area (Å²) in [4.78, 5) is 0. The van der Waals surface area contributed by atoms with Crippen LogP contribution in [-0.2, 0) is 0 Å². The molecule has 2 aromatic rings. The Balaban J connectivity index is 1.77. The summed E-state index contributed by atoms with van der Waals surface area (Å²) in [5.74, 6) is 1.14. The first-order valence-corrected chi connectivity index (χ1v) is 7.20. The van der Waals surface area contributed by atoms with Crippen molar-refractivity contribution in [1.82, 2.24) is 0 Å². The molecule has 0 bridgehead atoms. The maximum Gasteiger partial charge on any atom is 0.0553 e. The highest BCUT2D eigenvalue weighted by Crippen LogP contribution is 2.49. The maximum atomic E-state index is 5.81. The average Bonchev–Trinajstić information content (AvgIpc) is 2.97. The predicted molar refractivity (Wildman–Crippen MR) is 83.6 cm³/mol. The Labute approximate surface area is 119 Å². The third-order valence-electron chi connectivity index (χ3n) is 4.57. The van der Waals surface area contributed by atoms with Crippen LogP contribution < -0.4 is 11.1 Å². The van der Waals surface area contributed by atoms with Crippen LogP contribution in [0.25, 0.3) is 0 Å². The summed E-state index contributed by atoms with van der Waals surface area (Å²) in [6, 6.07) is 17.3. The van der Waals surface area contributed by atoms with E-state index in [4.69, 9.17) is 5.73 Å². The first-order chi connectivity index (χ1) is 9.83. The van der Waals surface area contributed by atoms with Gasteiger partial charge in [0.2, 0.25) is 0 Å². The molecule has 0 spiro atoms. The van der Waals surface area contributed by atoms with E-state index in [0.717, 1.165) is 12.1 Å². The molecule has 0 saturated heterocycles. The molecule has 2 heteroatoms. The minimum atomic E-state index is 0.366. The summed E-state index contributed by atoms with van der Waals surface area (Å²) in [7, 11) is 0. The number of fused-ring (bicyclic) bond motifs is 3. The normalized spacial score (nSPS) is 26.7. The number of allylic oxidation sites excluding steroid dienone is 2. The second-order valence-electron chi connectivity index (χ2n) is 5.73. The van der Waals surface area contributed by atoms with Crippen LogP contribution in [0.4, 0.5) is 11.4 Å². The van der Waals surface area contributed by atoms with E-state index in [-0.39, 0.29) is 0 Å². The van der Waals surface area contributed by atoms with Gasteiger partial charge >= 0.3 is 0 Å². The zero-order chi connectivity index (χ0) is 13.5. The highest BCUT2D eigenvalue weighted by Gasteiger charge is 2.37. The van der Waals surface area contributed by atoms with Crippen molar-refractivity contribution >= 4 is 11.4 Å². The number of hydrogen-bond acceptors (Lipinski definition) is 2. The summed E-state index contributed by atoms with van der Waals surface area (Å²) in [6.45, 7) is 0. The zero-order valence-electron chi connectivity index (χ0n) is 11.3. The number of nitrogens with two attached hydrogens (primary N) is 1. The minimum Gasteiger partial charge on any atom is -0.399 e. The monoisotopic (exact) mass is 262 g/mol. The Morgan fingerprint density at radius 1 is 1.00 bits per heavy atom. The lowest BCUT2D eigenvalue weighted by Gasteiger charge is -2.37. The summed E-state index contributed by atoms with van der Waals surface area (Å²) in [5, 5.41) is 3.72. The molecular weight excluding hydrogens is 244 g/mol. The van der Waals surface area contributed by atoms with Crippen LogP contribution in [0.3, 0.4) is 0 Å². The highest BCUT2D eigenvalue weighted by molar-refractivity contribution is 5.59. The Bertz CT molecular complexity index is 657. The van der Waals surface area contributed by atoms with E-state index < -0.39 is 0 Å². The van der Waals surface area contributed by atoms with Crippen molar-refractivity contribution in [2.45, 2.75) is 18.4 Å². The number of para-hydroxylation sites is 1. The molecule has 20 heavy (non-hydrogen) atoms. The van der Waals surface area contributed by atoms with E-state index in [1.165, 1.54) is 16.8 Å². The molecule has 1 heterocycles. The number of nitrogens with one attached hydrogen (secondary N) is 1. The van der Waals surface area contributed by atoms with E-state index in [1.54, 1.807) is 0 Å². The van der Waals surface area contributed by atoms with Gasteiger partial charge in [0.05, 0.1) is 6.04 Å². The van der Waals surface area contributed by atoms with Crippen molar-refractivity contribution in [3.63, 3.8) is 0 Å². The Morgan fingerprint density at radius 3 is 2.65 bits per heavy atom. The van der Waals surface area contributed by atoms with Crippen molar-refractivity contribution in [3.05, 3.63) is 71.8 Å². The van der Waals surface area contributed by atoms with Gasteiger partial charge in [-0.15, -0.1) is 0 Å². The fraction of sp³-hybridized carbons (Fsp3) is 0.222. The van der Waals surface area contributed by atoms with Gasteiger partial charge in [-0.3, -0.25) is 0 Å². The molecule has 2 aromatic carbocycles. The fourth-order valence-corrected chi connectivity index (χ4v) is 3.58. The van der Waals surface area contributed by atoms with Gasteiger partial charge in [-0.2, -0.15) is 0 Å². The molecule has 0 radical (unpaired) electrons. The molecule has 2 nitrogen and oxygen atoms in total. The van der Waals surface area contributed by atoms with Crippen LogP contribution in [0.2, 0.25) is 0 Å². The second-order valence-corrected chi connectivity index (χ2v) is 5.73. The number of rotatable bonds is 1. The molecule has 3 atom stereocenters. The van der Waals surface area contributed by atoms with Crippen LogP contribution in [0.15, 0.2) is 60.7 Å². The highest BCUT2D eigenvalue weighted by atomic mass is 15.0. The smallest absolute Gasteiger partial charge is 0.0553 e. The molecule has 3 N–H and O–H groups in total. The van der Waals surface area contributed by atoms with Gasteiger partial charge < -0.3 is 11.1 Å². The van der Waals surface area contributed by atoms with Crippen LogP contribution in [0.1, 0.15) is 29.5 Å². The van der Waals surface area contributed by atoms with Crippen molar-refractivity contribution in [2.75, 3.05) is 11.1 Å². The topological polar surface area (TPSA) is 38.0 Å². The summed E-state index contributed by atoms with van der Waals surface area (Å²) in [6.07, 6.45) is 5.83. The fourth-order valence-electron chi connectivity index (χ4n) is 3.58. The van der Waals surface area contributed by atoms with Gasteiger partial charge in [0.1, 0.15) is 0 Å². The van der Waals surface area contributed by atoms with Gasteiger partial charge in [-0.25, -0.2) is 0 Å². The summed E-state index contributed by atoms with van der Waals surface area (Å²) >= 11 is 0. The standard InChI is InChI=1S/C18H18N2/c19-13-10-8-12(9-11-13)18-16-6-3-5-14(16)15-4-1-2-7-17(15)20-18/h1-5,7-11,14,16,18,20H,6,19H2. The van der Waals surface area contributed by atoms with Crippen LogP contribution >= 0.6 is 0 Å². The van der Waals surface area contributed by atoms with E-state index in [1.807, 2.05) is 12.1 Å². The maximum absolute atomic E-state index is 5.81. The number of anilines is 2. The number of hydrogen-bond donors (Lipinski definition) is 2. The SMILES string of the molecule is Nc1ccc(C2Nc3ccccc3C3C=CCC32)cc1. The molecule has 4 rings (SSSR count). The van der Waals surface area contributed by atoms with Gasteiger partial charge in [0.15, 0.2) is 0 Å². The molecule has 0 amide bonds. The first kappa shape index (κ1) is 11.6. The van der Waals surface area contributed by atoms with Crippen LogP contribution in [0, 0.1) is 5.92 Å². The average molecular weight is 262 g/mol. The van der Waals surface area contributed by atoms with Crippen molar-refractivity contribution < 1.29 is 0 Å². The third kappa shape index (κ3) is 1.72. The Kier molecular flexibility index (Phi) is 2.56. The predicted octanol–water partition coefficient (Wildman–Crippen LogP) is 4.10. The van der Waals surface area contributed by atoms with E-state index in [9.17, 15) is 0 Å². The van der Waals surface area contributed by atoms with Gasteiger partial charge in [0, 0.05) is 17.3 Å². The molecule has 1 aliphatic carbocycles. The van der Waals surface area contributed by atoms with Crippen LogP contribution in [-0.4, -0.2) is 0 Å². The molecule has 0 aromatic heterocycles. The number of benzene rings is 2. The lowest BCUT2D eigenvalue weighted by atomic mass is 9.77. The van der Waals surface area contributed by atoms with Crippen molar-refractivity contribution in [3.8, 4) is 0 Å². The molecule has 2 aliphatic rings. The summed E-state index contributed by atoms with van der Waals surface area (Å²) < 4.78 is 0. The second kappa shape index (κ2) is 4.41. The minimum absolute atomic E-state index is 0.366. The largest absolute Gasteiger partial charge is 0.399 e. The molecular formula is C18H18N2. The van der Waals surface area contributed by atoms with Gasteiger partial charge in [0.25, 0.3) is 0 Å². The van der Waals surface area contributed by atoms with Crippen molar-refractivity contribution in [1.29, 1.82) is 0 Å². The van der Waals surface area contributed by atoms with Gasteiger partial charge in [-0.1, -0.05) is 42.5 Å². The van der Waals surface area contributed by atoms with Crippen molar-refractivity contribution in [2.24, 2.45) is 5.92 Å². The van der Waals surface area contributed by atoms with Gasteiger partial charge in [-0.05, 0) is 41.7 Å². The number of nitrogen functional groups attached to an aromatic ring is 1. The van der Waals surface area contributed by atoms with E-state index in [2.05, 4.69) is 53.9 Å². The third-order valence-corrected chi connectivity index (χ3v) is 4.57.